The van der Waals surface area contributed by atoms with Gasteiger partial charge in [0.15, 0.2) is 0 Å². The van der Waals surface area contributed by atoms with Gasteiger partial charge < -0.3 is 19.3 Å². The van der Waals surface area contributed by atoms with E-state index in [1.165, 1.54) is 17.3 Å². The second kappa shape index (κ2) is 14.1. The van der Waals surface area contributed by atoms with Crippen LogP contribution in [0.25, 0.3) is 0 Å². The molecule has 1 aliphatic carbocycles. The molecule has 5 rings (SSSR count). The van der Waals surface area contributed by atoms with E-state index in [0.717, 1.165) is 32.1 Å². The number of likely N-dealkylation sites (tertiary alicyclic amines) is 1. The summed E-state index contributed by atoms with van der Waals surface area (Å²) in [6.07, 6.45) is -1.84. The van der Waals surface area contributed by atoms with E-state index < -0.39 is 41.7 Å². The Labute approximate surface area is 269 Å². The average molecular weight is 672 g/mol. The molecule has 258 valence electrons. The number of anilines is 2. The summed E-state index contributed by atoms with van der Waals surface area (Å²) in [5.74, 6) is 0.0697. The quantitative estimate of drug-likeness (QED) is 0.263. The Morgan fingerprint density at radius 2 is 1.51 bits per heavy atom. The van der Waals surface area contributed by atoms with Gasteiger partial charge in [-0.1, -0.05) is 20.3 Å². The highest BCUT2D eigenvalue weighted by atomic mass is 19.4. The predicted molar refractivity (Wildman–Crippen MR) is 160 cm³/mol. The Hall–Kier alpha value is -3.78. The van der Waals surface area contributed by atoms with Crippen LogP contribution in [0, 0.1) is 0 Å². The highest BCUT2D eigenvalue weighted by Gasteiger charge is 2.42. The first kappa shape index (κ1) is 34.6. The molecule has 2 saturated heterocycles. The van der Waals surface area contributed by atoms with Crippen LogP contribution in [0.5, 0.6) is 0 Å². The number of ether oxygens (including phenoxy) is 2. The molecule has 9 nitrogen and oxygen atoms in total. The summed E-state index contributed by atoms with van der Waals surface area (Å²) in [6, 6.07) is 0.469. The minimum atomic E-state index is -5.01. The Bertz CT molecular complexity index is 1350. The monoisotopic (exact) mass is 671 g/mol. The number of hydrogen-bond donors (Lipinski definition) is 0. The third kappa shape index (κ3) is 8.03. The van der Waals surface area contributed by atoms with Gasteiger partial charge in [-0.3, -0.25) is 4.90 Å². The molecule has 3 fully saturated rings. The maximum Gasteiger partial charge on any atom is 0.416 e. The van der Waals surface area contributed by atoms with Crippen molar-refractivity contribution in [3.63, 3.8) is 0 Å². The van der Waals surface area contributed by atoms with Crippen LogP contribution in [0.15, 0.2) is 30.6 Å². The summed E-state index contributed by atoms with van der Waals surface area (Å²) in [7, 11) is 0. The lowest BCUT2D eigenvalue weighted by atomic mass is 9.87. The molecule has 1 saturated carbocycles. The van der Waals surface area contributed by atoms with Crippen molar-refractivity contribution in [2.24, 2.45) is 0 Å². The molecule has 1 aromatic carbocycles. The van der Waals surface area contributed by atoms with Crippen molar-refractivity contribution in [1.82, 2.24) is 14.9 Å². The molecule has 3 heterocycles. The number of piperidine rings is 1. The van der Waals surface area contributed by atoms with E-state index in [0.29, 0.717) is 43.5 Å². The van der Waals surface area contributed by atoms with Crippen LogP contribution in [0.4, 0.5) is 47.6 Å². The van der Waals surface area contributed by atoms with Gasteiger partial charge in [-0.15, -0.1) is 0 Å². The molecular formula is C32H39F6N5O4. The molecule has 2 amide bonds. The van der Waals surface area contributed by atoms with Crippen molar-refractivity contribution in [1.29, 1.82) is 0 Å². The van der Waals surface area contributed by atoms with Crippen LogP contribution >= 0.6 is 0 Å². The normalized spacial score (nSPS) is 22.7. The van der Waals surface area contributed by atoms with Gasteiger partial charge in [-0.2, -0.15) is 26.3 Å². The Balaban J connectivity index is 1.49. The molecule has 3 atom stereocenters. The van der Waals surface area contributed by atoms with E-state index in [9.17, 15) is 35.9 Å². The molecule has 0 bridgehead atoms. The summed E-state index contributed by atoms with van der Waals surface area (Å²) in [5, 5.41) is 0. The van der Waals surface area contributed by atoms with Gasteiger partial charge in [-0.05, 0) is 75.1 Å². The standard InChI is InChI=1S/C32H39F6N5O4/c1-3-23-15-25(16-24(4-2)43(23)30(45)47-27-8-6-5-7-9-27)42(28-39-17-26(18-40-28)41-10-11-46-29(41)44)19-20-12-21(31(33,34)35)14-22(13-20)32(36,37)38/h12-14,17-18,23-25,27H,3-11,15-16,19H2,1-2H3/t23-,24+,25?. The third-order valence-electron chi connectivity index (χ3n) is 9.24. The van der Waals surface area contributed by atoms with E-state index in [4.69, 9.17) is 9.47 Å². The van der Waals surface area contributed by atoms with Crippen LogP contribution < -0.4 is 9.80 Å². The number of rotatable bonds is 8. The van der Waals surface area contributed by atoms with Crippen molar-refractivity contribution in [2.45, 2.75) is 115 Å². The Kier molecular flexibility index (Phi) is 10.4. The van der Waals surface area contributed by atoms with Crippen molar-refractivity contribution >= 4 is 23.8 Å². The van der Waals surface area contributed by atoms with E-state index >= 15 is 0 Å². The summed E-state index contributed by atoms with van der Waals surface area (Å²) < 4.78 is 93.4. The lowest BCUT2D eigenvalue weighted by Crippen LogP contribution is -2.57. The number of amides is 2. The number of nitrogens with zero attached hydrogens (tertiary/aromatic N) is 5. The fourth-order valence-corrected chi connectivity index (χ4v) is 6.82. The number of carbonyl (C=O) groups is 2. The molecule has 15 heteroatoms. The number of cyclic esters (lactones) is 1. The van der Waals surface area contributed by atoms with Crippen LogP contribution in [-0.2, 0) is 28.4 Å². The fourth-order valence-electron chi connectivity index (χ4n) is 6.82. The van der Waals surface area contributed by atoms with Gasteiger partial charge >= 0.3 is 24.5 Å². The summed E-state index contributed by atoms with van der Waals surface area (Å²) >= 11 is 0. The summed E-state index contributed by atoms with van der Waals surface area (Å²) in [5.41, 5.74) is -2.70. The number of alkyl halides is 6. The van der Waals surface area contributed by atoms with Crippen LogP contribution in [0.1, 0.15) is 88.3 Å². The first-order valence-electron chi connectivity index (χ1n) is 16.1. The zero-order valence-electron chi connectivity index (χ0n) is 26.3. The van der Waals surface area contributed by atoms with Gasteiger partial charge in [0.25, 0.3) is 0 Å². The van der Waals surface area contributed by atoms with Crippen molar-refractivity contribution in [3.05, 3.63) is 47.3 Å². The van der Waals surface area contributed by atoms with Gasteiger partial charge in [0.05, 0.1) is 35.8 Å². The number of aromatic nitrogens is 2. The Morgan fingerprint density at radius 3 is 2.00 bits per heavy atom. The average Bonchev–Trinajstić information content (AvgIpc) is 3.48. The molecule has 0 N–H and O–H groups in total. The summed E-state index contributed by atoms with van der Waals surface area (Å²) in [4.78, 5) is 39.1. The second-order valence-corrected chi connectivity index (χ2v) is 12.3. The third-order valence-corrected chi connectivity index (χ3v) is 9.24. The SMILES string of the molecule is CC[C@@H]1CC(N(Cc2cc(C(F)(F)F)cc(C(F)(F)F)c2)c2ncc(N3CCOC3=O)cn2)C[C@H](CC)N1C(=O)OC1CCCCC1. The number of halogens is 6. The predicted octanol–water partition coefficient (Wildman–Crippen LogP) is 7.97. The highest BCUT2D eigenvalue weighted by molar-refractivity contribution is 5.88. The molecular weight excluding hydrogens is 632 g/mol. The van der Waals surface area contributed by atoms with Gasteiger partial charge in [0.2, 0.25) is 5.95 Å². The highest BCUT2D eigenvalue weighted by Crippen LogP contribution is 2.38. The maximum atomic E-state index is 13.8. The summed E-state index contributed by atoms with van der Waals surface area (Å²) in [6.45, 7) is 3.95. The number of hydrogen-bond acceptors (Lipinski definition) is 7. The van der Waals surface area contributed by atoms with E-state index in [1.54, 1.807) is 9.80 Å². The van der Waals surface area contributed by atoms with Gasteiger partial charge in [-0.25, -0.2) is 19.6 Å². The lowest BCUT2D eigenvalue weighted by Gasteiger charge is -2.47. The minimum Gasteiger partial charge on any atom is -0.447 e. The van der Waals surface area contributed by atoms with Gasteiger partial charge in [0, 0.05) is 24.7 Å². The molecule has 0 radical (unpaired) electrons. The van der Waals surface area contributed by atoms with Crippen LogP contribution in [0.2, 0.25) is 0 Å². The van der Waals surface area contributed by atoms with Crippen LogP contribution in [-0.4, -0.2) is 64.4 Å². The molecule has 2 aromatic rings. The fraction of sp³-hybridized carbons (Fsp3) is 0.625. The topological polar surface area (TPSA) is 88.1 Å². The minimum absolute atomic E-state index is 0.0697. The zero-order valence-corrected chi connectivity index (χ0v) is 26.3. The van der Waals surface area contributed by atoms with Crippen LogP contribution in [0.3, 0.4) is 0 Å². The molecule has 1 aromatic heterocycles. The first-order valence-corrected chi connectivity index (χ1v) is 16.1. The Morgan fingerprint density at radius 1 is 0.936 bits per heavy atom. The molecule has 0 spiro atoms. The molecule has 1 unspecified atom stereocenters. The van der Waals surface area contributed by atoms with Crippen molar-refractivity contribution in [3.8, 4) is 0 Å². The lowest BCUT2D eigenvalue weighted by molar-refractivity contribution is -0.143. The molecule has 3 aliphatic rings. The zero-order chi connectivity index (χ0) is 33.9. The number of benzene rings is 1. The van der Waals surface area contributed by atoms with E-state index in [-0.39, 0.29) is 55.5 Å². The first-order chi connectivity index (χ1) is 22.3. The van der Waals surface area contributed by atoms with E-state index in [2.05, 4.69) is 9.97 Å². The molecule has 2 aliphatic heterocycles. The van der Waals surface area contributed by atoms with Gasteiger partial charge in [0.1, 0.15) is 12.7 Å². The van der Waals surface area contributed by atoms with Crippen molar-refractivity contribution < 1.29 is 45.4 Å². The smallest absolute Gasteiger partial charge is 0.416 e. The van der Waals surface area contributed by atoms with Crippen molar-refractivity contribution in [2.75, 3.05) is 23.0 Å². The maximum absolute atomic E-state index is 13.8. The number of carbonyl (C=O) groups excluding carboxylic acids is 2. The largest absolute Gasteiger partial charge is 0.447 e. The second-order valence-electron chi connectivity index (χ2n) is 12.3. The van der Waals surface area contributed by atoms with E-state index in [1.807, 2.05) is 13.8 Å². The molecule has 47 heavy (non-hydrogen) atoms.